The zero-order valence-electron chi connectivity index (χ0n) is 16.3. The van der Waals surface area contributed by atoms with Crippen LogP contribution >= 0.6 is 0 Å². The summed E-state index contributed by atoms with van der Waals surface area (Å²) in [5.41, 5.74) is 2.16. The van der Waals surface area contributed by atoms with Crippen LogP contribution in [0.2, 0.25) is 0 Å². The Morgan fingerprint density at radius 1 is 1.19 bits per heavy atom. The van der Waals surface area contributed by atoms with Crippen molar-refractivity contribution in [1.29, 1.82) is 0 Å². The molecular weight excluding hydrogens is 425 g/mol. The Hall–Kier alpha value is -3.57. The van der Waals surface area contributed by atoms with Crippen molar-refractivity contribution in [3.63, 3.8) is 0 Å². The van der Waals surface area contributed by atoms with Gasteiger partial charge in [0.15, 0.2) is 0 Å². The summed E-state index contributed by atoms with van der Waals surface area (Å²) in [5.74, 6) is -0.830. The van der Waals surface area contributed by atoms with Crippen molar-refractivity contribution < 1.29 is 22.4 Å². The van der Waals surface area contributed by atoms with E-state index in [-0.39, 0.29) is 23.0 Å². The molecule has 0 spiro atoms. The number of rotatable bonds is 4. The lowest BCUT2D eigenvalue weighted by Gasteiger charge is -2.24. The van der Waals surface area contributed by atoms with Gasteiger partial charge in [0.05, 0.1) is 17.0 Å². The lowest BCUT2D eigenvalue weighted by molar-refractivity contribution is -0.125. The summed E-state index contributed by atoms with van der Waals surface area (Å²) in [4.78, 5) is 25.1. The van der Waals surface area contributed by atoms with Crippen LogP contribution in [0.25, 0.3) is 11.3 Å². The van der Waals surface area contributed by atoms with Gasteiger partial charge in [-0.3, -0.25) is 9.59 Å². The monoisotopic (exact) mass is 443 g/mol. The molecular formula is C20H18FN5O4S. The Morgan fingerprint density at radius 3 is 2.45 bits per heavy atom. The first kappa shape index (κ1) is 20.7. The topological polar surface area (TPSA) is 136 Å². The van der Waals surface area contributed by atoms with Crippen LogP contribution in [-0.4, -0.2) is 30.0 Å². The molecule has 9 nitrogen and oxygen atoms in total. The molecule has 2 heterocycles. The van der Waals surface area contributed by atoms with Crippen LogP contribution in [0.4, 0.5) is 15.9 Å². The normalized spacial score (nSPS) is 15.8. The maximum atomic E-state index is 13.3. The average Bonchev–Trinajstić information content (AvgIpc) is 3.04. The van der Waals surface area contributed by atoms with Gasteiger partial charge < -0.3 is 10.6 Å². The minimum Gasteiger partial charge on any atom is -0.324 e. The number of benzene rings is 2. The Kier molecular flexibility index (Phi) is 5.07. The summed E-state index contributed by atoms with van der Waals surface area (Å²) < 4.78 is 37.4. The molecule has 0 unspecified atom stereocenters. The van der Waals surface area contributed by atoms with E-state index in [0.717, 1.165) is 0 Å². The molecule has 0 aliphatic carbocycles. The van der Waals surface area contributed by atoms with Crippen LogP contribution in [0.1, 0.15) is 18.0 Å². The highest BCUT2D eigenvalue weighted by Crippen LogP contribution is 2.34. The number of anilines is 2. The van der Waals surface area contributed by atoms with E-state index in [9.17, 15) is 22.4 Å². The predicted molar refractivity (Wildman–Crippen MR) is 111 cm³/mol. The van der Waals surface area contributed by atoms with Gasteiger partial charge in [-0.1, -0.05) is 0 Å². The highest BCUT2D eigenvalue weighted by Gasteiger charge is 2.34. The van der Waals surface area contributed by atoms with E-state index in [1.807, 2.05) is 0 Å². The second kappa shape index (κ2) is 7.60. The number of hydrogen-bond donors (Lipinski definition) is 3. The number of fused-ring (bicyclic) bond motifs is 1. The van der Waals surface area contributed by atoms with Gasteiger partial charge in [-0.25, -0.2) is 22.6 Å². The number of sulfonamides is 1. The lowest BCUT2D eigenvalue weighted by atomic mass is 10.1. The molecule has 160 valence electrons. The quantitative estimate of drug-likeness (QED) is 0.568. The molecule has 4 rings (SSSR count). The Balaban J connectivity index is 1.64. The van der Waals surface area contributed by atoms with Gasteiger partial charge in [0.25, 0.3) is 0 Å². The molecule has 0 bridgehead atoms. The molecule has 2 amide bonds. The summed E-state index contributed by atoms with van der Waals surface area (Å²) in [6, 6.07) is 10.2. The molecule has 0 fully saturated rings. The smallest absolute Gasteiger partial charge is 0.249 e. The lowest BCUT2D eigenvalue weighted by Crippen LogP contribution is -2.35. The molecule has 0 radical (unpaired) electrons. The molecule has 2 aromatic carbocycles. The second-order valence-corrected chi connectivity index (χ2v) is 8.66. The number of nitrogens with one attached hydrogen (secondary N) is 2. The third kappa shape index (κ3) is 4.05. The number of nitrogens with two attached hydrogens (primary N) is 1. The number of amides is 2. The van der Waals surface area contributed by atoms with E-state index < -0.39 is 22.0 Å². The summed E-state index contributed by atoms with van der Waals surface area (Å²) >= 11 is 0. The molecule has 1 atom stereocenters. The first-order chi connectivity index (χ1) is 14.6. The van der Waals surface area contributed by atoms with E-state index in [1.165, 1.54) is 41.1 Å². The molecule has 0 saturated heterocycles. The molecule has 1 aliphatic heterocycles. The maximum Gasteiger partial charge on any atom is 0.249 e. The second-order valence-electron chi connectivity index (χ2n) is 7.10. The third-order valence-corrected chi connectivity index (χ3v) is 5.88. The number of halogens is 1. The van der Waals surface area contributed by atoms with Crippen molar-refractivity contribution in [2.45, 2.75) is 24.3 Å². The first-order valence-corrected chi connectivity index (χ1v) is 10.8. The minimum atomic E-state index is -3.85. The molecule has 4 N–H and O–H groups in total. The molecule has 0 saturated carbocycles. The van der Waals surface area contributed by atoms with Gasteiger partial charge in [0.2, 0.25) is 21.8 Å². The molecule has 31 heavy (non-hydrogen) atoms. The predicted octanol–water partition coefficient (Wildman–Crippen LogP) is 2.17. The largest absolute Gasteiger partial charge is 0.324 e. The number of carbonyl (C=O) groups excluding carboxylic acids is 2. The Labute approximate surface area is 177 Å². The van der Waals surface area contributed by atoms with E-state index in [2.05, 4.69) is 15.7 Å². The fourth-order valence-electron chi connectivity index (χ4n) is 3.38. The average molecular weight is 443 g/mol. The van der Waals surface area contributed by atoms with Crippen molar-refractivity contribution in [1.82, 2.24) is 9.78 Å². The van der Waals surface area contributed by atoms with Gasteiger partial charge in [0.1, 0.15) is 17.7 Å². The summed E-state index contributed by atoms with van der Waals surface area (Å²) in [6.45, 7) is 1.75. The SMILES string of the molecule is Cc1c(-c2ccc(F)cc2)nn2c1NC(=O)C[C@@H]2C(=O)Nc1ccc(S(N)(=O)=O)cc1. The van der Waals surface area contributed by atoms with Crippen LogP contribution in [0.15, 0.2) is 53.4 Å². The summed E-state index contributed by atoms with van der Waals surface area (Å²) in [7, 11) is -3.85. The van der Waals surface area contributed by atoms with Gasteiger partial charge in [-0.2, -0.15) is 5.10 Å². The van der Waals surface area contributed by atoms with Crippen molar-refractivity contribution >= 4 is 33.3 Å². The van der Waals surface area contributed by atoms with E-state index in [1.54, 1.807) is 19.1 Å². The summed E-state index contributed by atoms with van der Waals surface area (Å²) in [5, 5.41) is 15.0. The Bertz CT molecular complexity index is 1280. The number of aromatic nitrogens is 2. The van der Waals surface area contributed by atoms with E-state index >= 15 is 0 Å². The molecule has 1 aromatic heterocycles. The highest BCUT2D eigenvalue weighted by atomic mass is 32.2. The van der Waals surface area contributed by atoms with Gasteiger partial charge in [-0.15, -0.1) is 0 Å². The third-order valence-electron chi connectivity index (χ3n) is 4.95. The van der Waals surface area contributed by atoms with Crippen molar-refractivity contribution in [3.05, 3.63) is 59.9 Å². The van der Waals surface area contributed by atoms with Gasteiger partial charge in [0, 0.05) is 16.8 Å². The molecule has 11 heteroatoms. The first-order valence-electron chi connectivity index (χ1n) is 9.22. The van der Waals surface area contributed by atoms with Crippen LogP contribution in [-0.2, 0) is 19.6 Å². The van der Waals surface area contributed by atoms with Gasteiger partial charge >= 0.3 is 0 Å². The van der Waals surface area contributed by atoms with Crippen LogP contribution in [0.3, 0.4) is 0 Å². The minimum absolute atomic E-state index is 0.0866. The maximum absolute atomic E-state index is 13.3. The number of primary sulfonamides is 1. The van der Waals surface area contributed by atoms with E-state index in [0.29, 0.717) is 28.3 Å². The number of hydrogen-bond acceptors (Lipinski definition) is 5. The van der Waals surface area contributed by atoms with Crippen molar-refractivity contribution in [2.24, 2.45) is 5.14 Å². The van der Waals surface area contributed by atoms with Crippen molar-refractivity contribution in [3.8, 4) is 11.3 Å². The number of carbonyl (C=O) groups is 2. The van der Waals surface area contributed by atoms with Crippen LogP contribution in [0.5, 0.6) is 0 Å². The van der Waals surface area contributed by atoms with Crippen LogP contribution < -0.4 is 15.8 Å². The van der Waals surface area contributed by atoms with E-state index in [4.69, 9.17) is 5.14 Å². The fraction of sp³-hybridized carbons (Fsp3) is 0.150. The molecule has 1 aliphatic rings. The molecule has 3 aromatic rings. The zero-order valence-corrected chi connectivity index (χ0v) is 17.1. The Morgan fingerprint density at radius 2 is 1.84 bits per heavy atom. The number of nitrogens with zero attached hydrogens (tertiary/aromatic N) is 2. The van der Waals surface area contributed by atoms with Gasteiger partial charge in [-0.05, 0) is 55.5 Å². The highest BCUT2D eigenvalue weighted by molar-refractivity contribution is 7.89. The van der Waals surface area contributed by atoms with Crippen LogP contribution in [0, 0.1) is 12.7 Å². The van der Waals surface area contributed by atoms with Crippen molar-refractivity contribution in [2.75, 3.05) is 10.6 Å². The summed E-state index contributed by atoms with van der Waals surface area (Å²) in [6.07, 6.45) is -0.127. The fourth-order valence-corrected chi connectivity index (χ4v) is 3.89. The standard InChI is InChI=1S/C20H18FN5O4S/c1-11-18(12-2-4-13(21)5-3-12)25-26-16(10-17(27)24-19(11)26)20(28)23-14-6-8-15(9-7-14)31(22,29)30/h2-9,16H,10H2,1H3,(H,23,28)(H,24,27)(H2,22,29,30)/t16-/m1/s1. The zero-order chi connectivity index (χ0) is 22.3.